The van der Waals surface area contributed by atoms with Crippen LogP contribution < -0.4 is 20.9 Å². The number of phenolic OH excluding ortho intramolecular Hbond substituents is 1. The van der Waals surface area contributed by atoms with Crippen LogP contribution in [0.25, 0.3) is 10.9 Å². The SMILES string of the molecule is CC(C)N(CCOC(=O)c1ccc(COc2cccc(C(NC(=O)O[C@H]3CN4CCC3CC4)c3ccccc3)c2)cc1)C(=O)c1ccc(CNC[C@H](O)c2ccc(O)c3[nH]c(=O)ccc23)cc1. The molecule has 0 spiro atoms. The number of ether oxygens (including phenoxy) is 3. The molecule has 1 aromatic heterocycles. The van der Waals surface area contributed by atoms with Crippen LogP contribution in [0.5, 0.6) is 11.5 Å². The number of piperidine rings is 3. The van der Waals surface area contributed by atoms with E-state index in [4.69, 9.17) is 14.2 Å². The largest absolute Gasteiger partial charge is 0.506 e. The number of aliphatic hydroxyl groups excluding tert-OH is 1. The molecule has 3 aliphatic rings. The molecule has 0 aliphatic carbocycles. The first-order valence-corrected chi connectivity index (χ1v) is 22.9. The number of hydrogen-bond donors (Lipinski definition) is 5. The molecular formula is C53H57N5O9. The highest BCUT2D eigenvalue weighted by molar-refractivity contribution is 5.94. The number of phenols is 1. The molecule has 0 saturated carbocycles. The number of alkyl carbamates (subject to hydrolysis) is 1. The molecule has 5 N–H and O–H groups in total. The summed E-state index contributed by atoms with van der Waals surface area (Å²) in [6, 6.07) is 37.0. The number of aromatic nitrogens is 1. The van der Waals surface area contributed by atoms with Crippen LogP contribution in [0, 0.1) is 5.92 Å². The average molecular weight is 908 g/mol. The van der Waals surface area contributed by atoms with Crippen molar-refractivity contribution in [3.8, 4) is 11.5 Å². The third-order valence-corrected chi connectivity index (χ3v) is 12.6. The van der Waals surface area contributed by atoms with Crippen molar-refractivity contribution in [2.24, 2.45) is 5.92 Å². The molecule has 0 radical (unpaired) electrons. The number of benzene rings is 5. The van der Waals surface area contributed by atoms with Crippen molar-refractivity contribution in [3.63, 3.8) is 0 Å². The summed E-state index contributed by atoms with van der Waals surface area (Å²) < 4.78 is 17.8. The van der Waals surface area contributed by atoms with E-state index in [1.807, 2.05) is 92.7 Å². The van der Waals surface area contributed by atoms with Gasteiger partial charge in [-0.2, -0.15) is 0 Å². The highest BCUT2D eigenvalue weighted by atomic mass is 16.6. The number of rotatable bonds is 18. The summed E-state index contributed by atoms with van der Waals surface area (Å²) in [5.41, 5.74) is 4.88. The van der Waals surface area contributed by atoms with E-state index in [9.17, 15) is 29.4 Å². The number of aromatic hydroxyl groups is 1. The van der Waals surface area contributed by atoms with Gasteiger partial charge in [0.1, 0.15) is 30.8 Å². The van der Waals surface area contributed by atoms with Crippen molar-refractivity contribution < 1.29 is 38.8 Å². The third-order valence-electron chi connectivity index (χ3n) is 12.6. The lowest BCUT2D eigenvalue weighted by molar-refractivity contribution is -0.0336. The topological polar surface area (TPSA) is 183 Å². The fourth-order valence-electron chi connectivity index (χ4n) is 8.88. The molecule has 6 aromatic rings. The number of nitrogens with one attached hydrogen (secondary N) is 3. The van der Waals surface area contributed by atoms with Crippen molar-refractivity contribution >= 4 is 28.9 Å². The normalized spacial score (nSPS) is 17.4. The predicted molar refractivity (Wildman–Crippen MR) is 254 cm³/mol. The van der Waals surface area contributed by atoms with Crippen LogP contribution >= 0.6 is 0 Å². The zero-order valence-electron chi connectivity index (χ0n) is 37.7. The van der Waals surface area contributed by atoms with E-state index in [0.29, 0.717) is 40.3 Å². The number of H-pyrrole nitrogens is 1. The minimum atomic E-state index is -0.901. The van der Waals surface area contributed by atoms with E-state index >= 15 is 0 Å². The number of pyridine rings is 1. The lowest BCUT2D eigenvalue weighted by Crippen LogP contribution is -2.52. The number of hydrogen-bond acceptors (Lipinski definition) is 11. The highest BCUT2D eigenvalue weighted by Gasteiger charge is 2.37. The van der Waals surface area contributed by atoms with Crippen LogP contribution in [0.2, 0.25) is 0 Å². The van der Waals surface area contributed by atoms with Gasteiger partial charge in [-0.3, -0.25) is 14.5 Å². The molecular weight excluding hydrogens is 851 g/mol. The molecule has 67 heavy (non-hydrogen) atoms. The van der Waals surface area contributed by atoms with E-state index in [1.165, 1.54) is 12.1 Å². The number of aliphatic hydroxyl groups is 1. The summed E-state index contributed by atoms with van der Waals surface area (Å²) in [7, 11) is 0. The Bertz CT molecular complexity index is 2700. The number of aromatic amines is 1. The Morgan fingerprint density at radius 3 is 2.27 bits per heavy atom. The lowest BCUT2D eigenvalue weighted by Gasteiger charge is -2.43. The number of nitrogens with zero attached hydrogens (tertiary/aromatic N) is 2. The van der Waals surface area contributed by atoms with Crippen molar-refractivity contribution in [3.05, 3.63) is 177 Å². The van der Waals surface area contributed by atoms with Crippen LogP contribution in [0.15, 0.2) is 132 Å². The Labute approximate surface area is 389 Å². The summed E-state index contributed by atoms with van der Waals surface area (Å²) in [4.78, 5) is 58.3. The Kier molecular flexibility index (Phi) is 15.0. The fourth-order valence-corrected chi connectivity index (χ4v) is 8.88. The van der Waals surface area contributed by atoms with Crippen LogP contribution in [0.3, 0.4) is 0 Å². The van der Waals surface area contributed by atoms with Gasteiger partial charge in [-0.1, -0.05) is 72.8 Å². The molecule has 3 atom stereocenters. The van der Waals surface area contributed by atoms with Crippen molar-refractivity contribution in [1.29, 1.82) is 0 Å². The zero-order chi connectivity index (χ0) is 46.9. The van der Waals surface area contributed by atoms with E-state index in [-0.39, 0.29) is 61.2 Å². The van der Waals surface area contributed by atoms with Crippen molar-refractivity contribution in [2.75, 3.05) is 39.3 Å². The van der Waals surface area contributed by atoms with Crippen LogP contribution in [0.4, 0.5) is 4.79 Å². The second-order valence-electron chi connectivity index (χ2n) is 17.5. The summed E-state index contributed by atoms with van der Waals surface area (Å²) in [6.45, 7) is 7.83. The minimum Gasteiger partial charge on any atom is -0.506 e. The predicted octanol–water partition coefficient (Wildman–Crippen LogP) is 7.25. The van der Waals surface area contributed by atoms with Crippen LogP contribution in [0.1, 0.15) is 87.4 Å². The minimum absolute atomic E-state index is 0.0109. The molecule has 3 aliphatic heterocycles. The van der Waals surface area contributed by atoms with Crippen molar-refractivity contribution in [1.82, 2.24) is 25.4 Å². The van der Waals surface area contributed by atoms with Gasteiger partial charge in [0.15, 0.2) is 0 Å². The van der Waals surface area contributed by atoms with Crippen molar-refractivity contribution in [2.45, 2.75) is 64.1 Å². The van der Waals surface area contributed by atoms with Crippen LogP contribution in [-0.4, -0.2) is 94.4 Å². The highest BCUT2D eigenvalue weighted by Crippen LogP contribution is 2.32. The first-order valence-electron chi connectivity index (χ1n) is 22.9. The smallest absolute Gasteiger partial charge is 0.408 e. The number of carbonyl (C=O) groups is 3. The van der Waals surface area contributed by atoms with Gasteiger partial charge in [-0.05, 0) is 122 Å². The second kappa shape index (κ2) is 21.5. The standard InChI is InChI=1S/C53H57N5O9/c1-34(2)58(51(62)39-15-11-35(12-16-39)30-54-31-46(60)43-19-21-45(59)50-44(43)20-22-48(61)55-50)27-28-65-52(63)40-17-13-36(14-18-40)33-66-42-10-6-9-41(29-42)49(38-7-4-3-5-8-38)56-53(64)67-47-32-57-25-23-37(47)24-26-57/h3-22,29,34,37,46-47,49,54,59-60H,23-28,30-33H2,1-2H3,(H,55,61)(H,56,64)/t46-,47-,49?/m0/s1. The fraction of sp³-hybridized carbons (Fsp3) is 0.321. The van der Waals surface area contributed by atoms with E-state index < -0.39 is 24.2 Å². The summed E-state index contributed by atoms with van der Waals surface area (Å²) >= 11 is 0. The number of esters is 1. The molecule has 4 heterocycles. The average Bonchev–Trinajstić information content (AvgIpc) is 3.35. The number of carbonyl (C=O) groups excluding carboxylic acids is 3. The molecule has 3 fully saturated rings. The summed E-state index contributed by atoms with van der Waals surface area (Å²) in [5, 5.41) is 28.0. The first kappa shape index (κ1) is 46.5. The van der Waals surface area contributed by atoms with E-state index in [0.717, 1.165) is 54.7 Å². The summed E-state index contributed by atoms with van der Waals surface area (Å²) in [6.07, 6.45) is 0.672. The molecule has 5 aromatic carbocycles. The maximum Gasteiger partial charge on any atom is 0.408 e. The van der Waals surface area contributed by atoms with Gasteiger partial charge in [-0.25, -0.2) is 9.59 Å². The summed E-state index contributed by atoms with van der Waals surface area (Å²) in [5.74, 6) is 0.265. The Balaban J connectivity index is 0.793. The van der Waals surface area contributed by atoms with Crippen LogP contribution in [-0.2, 0) is 22.6 Å². The Hall–Kier alpha value is -7.00. The quantitative estimate of drug-likeness (QED) is 0.0548. The Morgan fingerprint density at radius 1 is 0.836 bits per heavy atom. The van der Waals surface area contributed by atoms with Gasteiger partial charge in [0.2, 0.25) is 5.56 Å². The Morgan fingerprint density at radius 2 is 1.55 bits per heavy atom. The first-order chi connectivity index (χ1) is 32.5. The maximum atomic E-state index is 13.6. The maximum absolute atomic E-state index is 13.6. The molecule has 2 bridgehead atoms. The van der Waals surface area contributed by atoms with Gasteiger partial charge in [0, 0.05) is 42.7 Å². The number of fused-ring (bicyclic) bond motifs is 4. The van der Waals surface area contributed by atoms with Gasteiger partial charge in [0.05, 0.1) is 29.8 Å². The molecule has 2 amide bonds. The lowest BCUT2D eigenvalue weighted by atomic mass is 9.86. The third kappa shape index (κ3) is 11.7. The molecule has 14 heteroatoms. The van der Waals surface area contributed by atoms with E-state index in [1.54, 1.807) is 41.3 Å². The van der Waals surface area contributed by atoms with Gasteiger partial charge in [0.25, 0.3) is 5.91 Å². The zero-order valence-corrected chi connectivity index (χ0v) is 37.7. The molecule has 1 unspecified atom stereocenters. The monoisotopic (exact) mass is 907 g/mol. The molecule has 3 saturated heterocycles. The van der Waals surface area contributed by atoms with Gasteiger partial charge in [-0.15, -0.1) is 0 Å². The molecule has 9 rings (SSSR count). The van der Waals surface area contributed by atoms with E-state index in [2.05, 4.69) is 20.5 Å². The second-order valence-corrected chi connectivity index (χ2v) is 17.5. The van der Waals surface area contributed by atoms with Gasteiger partial charge < -0.3 is 44.9 Å². The number of amides is 2. The molecule has 348 valence electrons. The molecule has 14 nitrogen and oxygen atoms in total. The van der Waals surface area contributed by atoms with Gasteiger partial charge >= 0.3 is 12.1 Å².